The molecule has 3 aromatic heterocycles. The van der Waals surface area contributed by atoms with Crippen LogP contribution >= 0.6 is 0 Å². The highest BCUT2D eigenvalue weighted by Crippen LogP contribution is 2.30. The summed E-state index contributed by atoms with van der Waals surface area (Å²) >= 11 is 0. The zero-order chi connectivity index (χ0) is 12.2. The lowest BCUT2D eigenvalue weighted by Crippen LogP contribution is -2.11. The van der Waals surface area contributed by atoms with Crippen LogP contribution in [0.25, 0.3) is 22.1 Å². The predicted molar refractivity (Wildman–Crippen MR) is 60.2 cm³/mol. The summed E-state index contributed by atoms with van der Waals surface area (Å²) in [6.07, 6.45) is 0. The van der Waals surface area contributed by atoms with Gasteiger partial charge >= 0.3 is 5.69 Å². The Balaban J connectivity index is 2.73. The molecular weight excluding hydrogens is 222 g/mol. The molecule has 8 nitrogen and oxygen atoms in total. The van der Waals surface area contributed by atoms with E-state index in [-0.39, 0.29) is 28.4 Å². The monoisotopic (exact) mass is 227 g/mol. The second-order valence-electron chi connectivity index (χ2n) is 3.45. The molecule has 5 N–H and O–H groups in total. The minimum Gasteiger partial charge on any atom is -0.384 e. The molecular formula is C9H5N7O. The fourth-order valence-electron chi connectivity index (χ4n) is 1.78. The minimum absolute atomic E-state index is 0.0833. The summed E-state index contributed by atoms with van der Waals surface area (Å²) in [5.74, 6) is 0.178. The van der Waals surface area contributed by atoms with Crippen molar-refractivity contribution in [2.45, 2.75) is 0 Å². The third-order valence-electron chi connectivity index (χ3n) is 2.47. The first kappa shape index (κ1) is 9.29. The van der Waals surface area contributed by atoms with Gasteiger partial charge in [-0.1, -0.05) is 0 Å². The Kier molecular flexibility index (Phi) is 1.53. The van der Waals surface area contributed by atoms with E-state index < -0.39 is 5.69 Å². The molecule has 82 valence electrons. The fourth-order valence-corrected chi connectivity index (χ4v) is 1.78. The van der Waals surface area contributed by atoms with Gasteiger partial charge in [0.25, 0.3) is 0 Å². The molecule has 0 aliphatic heterocycles. The molecule has 3 heterocycles. The quantitative estimate of drug-likeness (QED) is 0.461. The van der Waals surface area contributed by atoms with Crippen molar-refractivity contribution in [3.63, 3.8) is 0 Å². The third kappa shape index (κ3) is 1.04. The van der Waals surface area contributed by atoms with Gasteiger partial charge in [-0.25, -0.2) is 9.78 Å². The first-order valence-corrected chi connectivity index (χ1v) is 4.60. The molecule has 0 fully saturated rings. The molecule has 8 heteroatoms. The average Bonchev–Trinajstić information content (AvgIpc) is 2.57. The molecule has 0 spiro atoms. The molecule has 0 bridgehead atoms. The maximum Gasteiger partial charge on any atom is 0.369 e. The number of nitrogen functional groups attached to an aromatic ring is 2. The van der Waals surface area contributed by atoms with Gasteiger partial charge in [-0.2, -0.15) is 15.2 Å². The number of hydrogen-bond donors (Lipinski definition) is 3. The molecule has 0 saturated heterocycles. The molecule has 0 saturated carbocycles. The van der Waals surface area contributed by atoms with E-state index in [1.165, 1.54) is 0 Å². The summed E-state index contributed by atoms with van der Waals surface area (Å²) < 4.78 is 0. The number of rotatable bonds is 0. The van der Waals surface area contributed by atoms with Crippen LogP contribution in [0.3, 0.4) is 0 Å². The van der Waals surface area contributed by atoms with E-state index in [1.807, 2.05) is 6.07 Å². The van der Waals surface area contributed by atoms with Crippen LogP contribution in [0.1, 0.15) is 5.56 Å². The van der Waals surface area contributed by atoms with E-state index in [9.17, 15) is 4.79 Å². The number of anilines is 2. The molecule has 0 aliphatic rings. The second-order valence-corrected chi connectivity index (χ2v) is 3.45. The second kappa shape index (κ2) is 2.79. The summed E-state index contributed by atoms with van der Waals surface area (Å²) in [4.78, 5) is 25.2. The number of nitrogens with zero attached hydrogens (tertiary/aromatic N) is 4. The van der Waals surface area contributed by atoms with Crippen molar-refractivity contribution < 1.29 is 0 Å². The van der Waals surface area contributed by atoms with E-state index >= 15 is 0 Å². The summed E-state index contributed by atoms with van der Waals surface area (Å²) in [5, 5.41) is 9.44. The summed E-state index contributed by atoms with van der Waals surface area (Å²) in [6.45, 7) is 0. The molecule has 0 aliphatic carbocycles. The van der Waals surface area contributed by atoms with E-state index in [0.717, 1.165) is 0 Å². The van der Waals surface area contributed by atoms with Crippen molar-refractivity contribution in [2.24, 2.45) is 0 Å². The largest absolute Gasteiger partial charge is 0.384 e. The Labute approximate surface area is 93.3 Å². The summed E-state index contributed by atoms with van der Waals surface area (Å²) in [5.41, 5.74) is 11.5. The van der Waals surface area contributed by atoms with E-state index in [0.29, 0.717) is 10.9 Å². The van der Waals surface area contributed by atoms with Gasteiger partial charge in [0.1, 0.15) is 34.1 Å². The fraction of sp³-hybridized carbons (Fsp3) is 0. The molecule has 0 unspecified atom stereocenters. The van der Waals surface area contributed by atoms with Crippen molar-refractivity contribution >= 4 is 33.7 Å². The van der Waals surface area contributed by atoms with E-state index in [2.05, 4.69) is 19.9 Å². The van der Waals surface area contributed by atoms with Crippen molar-refractivity contribution in [1.82, 2.24) is 19.9 Å². The lowest BCUT2D eigenvalue weighted by molar-refractivity contribution is 1.13. The maximum atomic E-state index is 11.2. The summed E-state index contributed by atoms with van der Waals surface area (Å²) in [7, 11) is 0. The van der Waals surface area contributed by atoms with Crippen LogP contribution in [0, 0.1) is 11.3 Å². The minimum atomic E-state index is -0.682. The Bertz CT molecular complexity index is 844. The average molecular weight is 227 g/mol. The maximum absolute atomic E-state index is 11.2. The number of nitriles is 1. The Hall–Kier alpha value is -2.95. The van der Waals surface area contributed by atoms with Crippen molar-refractivity contribution in [3.05, 3.63) is 16.0 Å². The number of pyridine rings is 1. The molecule has 3 aromatic rings. The topological polar surface area (TPSA) is 147 Å². The van der Waals surface area contributed by atoms with E-state index in [4.69, 9.17) is 16.7 Å². The van der Waals surface area contributed by atoms with Crippen LogP contribution in [-0.4, -0.2) is 19.9 Å². The van der Waals surface area contributed by atoms with Crippen molar-refractivity contribution in [1.29, 1.82) is 5.26 Å². The number of aromatic amines is 1. The van der Waals surface area contributed by atoms with Gasteiger partial charge in [-0.05, 0) is 0 Å². The molecule has 3 rings (SSSR count). The zero-order valence-electron chi connectivity index (χ0n) is 8.35. The Morgan fingerprint density at radius 2 is 1.94 bits per heavy atom. The Morgan fingerprint density at radius 1 is 1.18 bits per heavy atom. The van der Waals surface area contributed by atoms with Gasteiger partial charge in [0, 0.05) is 0 Å². The first-order chi connectivity index (χ1) is 8.11. The molecule has 0 radical (unpaired) electrons. The lowest BCUT2D eigenvalue weighted by atomic mass is 10.2. The number of hydrogen-bond acceptors (Lipinski definition) is 7. The molecule has 0 amide bonds. The highest BCUT2D eigenvalue weighted by molar-refractivity contribution is 6.12. The van der Waals surface area contributed by atoms with Crippen LogP contribution < -0.4 is 17.2 Å². The van der Waals surface area contributed by atoms with Crippen LogP contribution in [0.4, 0.5) is 11.6 Å². The van der Waals surface area contributed by atoms with Crippen molar-refractivity contribution in [2.75, 3.05) is 11.5 Å². The summed E-state index contributed by atoms with van der Waals surface area (Å²) in [6, 6.07) is 1.92. The van der Waals surface area contributed by atoms with Gasteiger partial charge < -0.3 is 16.5 Å². The molecule has 17 heavy (non-hydrogen) atoms. The van der Waals surface area contributed by atoms with Crippen molar-refractivity contribution in [3.8, 4) is 6.07 Å². The highest BCUT2D eigenvalue weighted by atomic mass is 16.1. The van der Waals surface area contributed by atoms with Gasteiger partial charge in [0.05, 0.1) is 5.39 Å². The van der Waals surface area contributed by atoms with Crippen LogP contribution in [0.15, 0.2) is 4.79 Å². The van der Waals surface area contributed by atoms with Crippen LogP contribution in [-0.2, 0) is 0 Å². The van der Waals surface area contributed by atoms with Crippen LogP contribution in [0.5, 0.6) is 0 Å². The first-order valence-electron chi connectivity index (χ1n) is 4.60. The predicted octanol–water partition coefficient (Wildman–Crippen LogP) is -0.660. The number of nitrogens with one attached hydrogen (secondary N) is 1. The molecule has 0 aromatic carbocycles. The van der Waals surface area contributed by atoms with Crippen LogP contribution in [0.2, 0.25) is 0 Å². The number of nitrogens with two attached hydrogens (primary N) is 2. The van der Waals surface area contributed by atoms with Gasteiger partial charge in [-0.15, -0.1) is 0 Å². The lowest BCUT2D eigenvalue weighted by Gasteiger charge is -2.01. The SMILES string of the molecule is N#Cc1c(N)[nH]c2nc(=O)nc3c(N)nc1c23. The van der Waals surface area contributed by atoms with Gasteiger partial charge in [-0.3, -0.25) is 0 Å². The highest BCUT2D eigenvalue weighted by Gasteiger charge is 2.18. The smallest absolute Gasteiger partial charge is 0.369 e. The van der Waals surface area contributed by atoms with E-state index in [1.54, 1.807) is 0 Å². The zero-order valence-corrected chi connectivity index (χ0v) is 8.35. The van der Waals surface area contributed by atoms with Gasteiger partial charge in [0.2, 0.25) is 0 Å². The normalized spacial score (nSPS) is 11.0. The molecule has 0 atom stereocenters. The Morgan fingerprint density at radius 3 is 2.65 bits per heavy atom. The standard InChI is InChI=1S/C9H5N7O/c10-1-2-4-3-5(7(12)13-4)14-9(17)16-8(3)15-6(2)11/h(H2,12,13)(H3,11,14,15,16,17). The van der Waals surface area contributed by atoms with Gasteiger partial charge in [0.15, 0.2) is 5.82 Å². The third-order valence-corrected chi connectivity index (χ3v) is 2.47. The number of H-pyrrole nitrogens is 1. The number of aromatic nitrogens is 4.